The summed E-state index contributed by atoms with van der Waals surface area (Å²) >= 11 is 0. The fraction of sp³-hybridized carbons (Fsp3) is 0.875. The first-order valence-electron chi connectivity index (χ1n) is 4.61. The molecule has 1 heterocycles. The molecule has 0 unspecified atom stereocenters. The molecule has 0 fully saturated rings. The lowest BCUT2D eigenvalue weighted by molar-refractivity contribution is 0.384. The van der Waals surface area contributed by atoms with E-state index in [0.29, 0.717) is 6.42 Å². The molecule has 0 saturated carbocycles. The van der Waals surface area contributed by atoms with E-state index in [2.05, 4.69) is 29.3 Å². The van der Waals surface area contributed by atoms with Crippen molar-refractivity contribution in [1.29, 1.82) is 0 Å². The van der Waals surface area contributed by atoms with Crippen molar-refractivity contribution in [2.24, 2.45) is 12.8 Å². The Hall–Kier alpha value is -0.970. The largest absolute Gasteiger partial charge is 0.325 e. The predicted octanol–water partition coefficient (Wildman–Crippen LogP) is 0.270. The Labute approximate surface area is 78.3 Å². The third kappa shape index (κ3) is 2.48. The van der Waals surface area contributed by atoms with Gasteiger partial charge in [-0.2, -0.15) is 4.80 Å². The molecule has 0 aromatic carbocycles. The second-order valence-electron chi connectivity index (χ2n) is 3.44. The van der Waals surface area contributed by atoms with Crippen LogP contribution in [0.4, 0.5) is 0 Å². The summed E-state index contributed by atoms with van der Waals surface area (Å²) in [4.78, 5) is 1.46. The molecule has 0 saturated heterocycles. The molecule has 0 bridgehead atoms. The van der Waals surface area contributed by atoms with Crippen LogP contribution in [-0.2, 0) is 13.5 Å². The van der Waals surface area contributed by atoms with Crippen LogP contribution in [0.2, 0.25) is 0 Å². The average Bonchev–Trinajstić information content (AvgIpc) is 2.51. The third-order valence-electron chi connectivity index (χ3n) is 2.47. The van der Waals surface area contributed by atoms with E-state index in [-0.39, 0.29) is 5.54 Å². The van der Waals surface area contributed by atoms with Crippen molar-refractivity contribution in [1.82, 2.24) is 20.2 Å². The van der Waals surface area contributed by atoms with Gasteiger partial charge in [0.05, 0.1) is 7.05 Å². The summed E-state index contributed by atoms with van der Waals surface area (Å²) in [5.41, 5.74) is 5.94. The Balaban J connectivity index is 2.67. The fourth-order valence-electron chi connectivity index (χ4n) is 1.21. The van der Waals surface area contributed by atoms with E-state index < -0.39 is 0 Å². The molecule has 5 nitrogen and oxygen atoms in total. The Kier molecular flexibility index (Phi) is 2.98. The number of rotatable bonds is 4. The van der Waals surface area contributed by atoms with Crippen LogP contribution in [0.5, 0.6) is 0 Å². The molecular weight excluding hydrogens is 166 g/mol. The van der Waals surface area contributed by atoms with Crippen LogP contribution in [0.1, 0.15) is 32.5 Å². The van der Waals surface area contributed by atoms with Crippen molar-refractivity contribution in [3.63, 3.8) is 0 Å². The van der Waals surface area contributed by atoms with E-state index in [1.165, 1.54) is 4.80 Å². The maximum atomic E-state index is 6.12. The molecule has 0 aliphatic rings. The van der Waals surface area contributed by atoms with E-state index in [4.69, 9.17) is 5.73 Å². The second-order valence-corrected chi connectivity index (χ2v) is 3.44. The topological polar surface area (TPSA) is 69.6 Å². The third-order valence-corrected chi connectivity index (χ3v) is 2.47. The van der Waals surface area contributed by atoms with Crippen LogP contribution in [-0.4, -0.2) is 25.7 Å². The normalized spacial score (nSPS) is 12.0. The first-order chi connectivity index (χ1) is 6.09. The van der Waals surface area contributed by atoms with E-state index >= 15 is 0 Å². The maximum Gasteiger partial charge on any atom is 0.176 e. The molecule has 0 amide bonds. The number of tetrazole rings is 1. The van der Waals surface area contributed by atoms with Crippen LogP contribution in [0, 0.1) is 0 Å². The Morgan fingerprint density at radius 1 is 1.38 bits per heavy atom. The summed E-state index contributed by atoms with van der Waals surface area (Å²) in [6.45, 7) is 4.17. The van der Waals surface area contributed by atoms with Crippen LogP contribution in [0.3, 0.4) is 0 Å². The monoisotopic (exact) mass is 183 g/mol. The van der Waals surface area contributed by atoms with Crippen molar-refractivity contribution in [3.05, 3.63) is 5.82 Å². The first kappa shape index (κ1) is 10.1. The maximum absolute atomic E-state index is 6.12. The molecular formula is C8H17N5. The molecule has 0 radical (unpaired) electrons. The van der Waals surface area contributed by atoms with Crippen LogP contribution < -0.4 is 5.73 Å². The van der Waals surface area contributed by atoms with Gasteiger partial charge in [0, 0.05) is 12.0 Å². The Morgan fingerprint density at radius 2 is 2.00 bits per heavy atom. The first-order valence-corrected chi connectivity index (χ1v) is 4.61. The quantitative estimate of drug-likeness (QED) is 0.727. The van der Waals surface area contributed by atoms with Crippen LogP contribution in [0.25, 0.3) is 0 Å². The van der Waals surface area contributed by atoms with Crippen molar-refractivity contribution in [3.8, 4) is 0 Å². The second kappa shape index (κ2) is 3.83. The van der Waals surface area contributed by atoms with Gasteiger partial charge in [0.15, 0.2) is 5.82 Å². The molecule has 1 aromatic rings. The molecule has 0 atom stereocenters. The van der Waals surface area contributed by atoms with Gasteiger partial charge in [-0.3, -0.25) is 0 Å². The minimum absolute atomic E-state index is 0.178. The molecule has 74 valence electrons. The van der Waals surface area contributed by atoms with E-state index in [0.717, 1.165) is 18.7 Å². The number of nitrogens with two attached hydrogens (primary N) is 1. The number of aryl methyl sites for hydroxylation is 1. The van der Waals surface area contributed by atoms with Crippen molar-refractivity contribution in [2.75, 3.05) is 0 Å². The molecule has 0 aliphatic carbocycles. The summed E-state index contributed by atoms with van der Waals surface area (Å²) in [6.07, 6.45) is 2.57. The van der Waals surface area contributed by atoms with E-state index in [1.807, 2.05) is 0 Å². The molecule has 13 heavy (non-hydrogen) atoms. The number of nitrogens with zero attached hydrogens (tertiary/aromatic N) is 4. The zero-order valence-electron chi connectivity index (χ0n) is 8.49. The van der Waals surface area contributed by atoms with E-state index in [9.17, 15) is 0 Å². The minimum atomic E-state index is -0.178. The van der Waals surface area contributed by atoms with Gasteiger partial charge < -0.3 is 5.73 Å². The molecule has 1 rings (SSSR count). The highest BCUT2D eigenvalue weighted by Gasteiger charge is 2.22. The van der Waals surface area contributed by atoms with Gasteiger partial charge in [0.25, 0.3) is 0 Å². The highest BCUT2D eigenvalue weighted by Crippen LogP contribution is 2.15. The highest BCUT2D eigenvalue weighted by molar-refractivity contribution is 4.92. The molecule has 1 aromatic heterocycles. The zero-order valence-corrected chi connectivity index (χ0v) is 8.49. The van der Waals surface area contributed by atoms with Gasteiger partial charge in [-0.05, 0) is 18.1 Å². The lowest BCUT2D eigenvalue weighted by Crippen LogP contribution is -2.41. The summed E-state index contributed by atoms with van der Waals surface area (Å²) in [6, 6.07) is 0. The van der Waals surface area contributed by atoms with Gasteiger partial charge in [0.2, 0.25) is 0 Å². The van der Waals surface area contributed by atoms with Gasteiger partial charge in [-0.1, -0.05) is 13.8 Å². The Morgan fingerprint density at radius 3 is 2.38 bits per heavy atom. The standard InChI is InChI=1S/C8H17N5/c1-4-8(9,5-2)6-7-10-12-13(3)11-7/h4-6,9H2,1-3H3. The summed E-state index contributed by atoms with van der Waals surface area (Å²) in [5, 5.41) is 11.8. The summed E-state index contributed by atoms with van der Waals surface area (Å²) in [7, 11) is 1.76. The summed E-state index contributed by atoms with van der Waals surface area (Å²) in [5.74, 6) is 0.730. The minimum Gasteiger partial charge on any atom is -0.325 e. The number of hydrogen-bond acceptors (Lipinski definition) is 4. The zero-order chi connectivity index (χ0) is 9.90. The predicted molar refractivity (Wildman–Crippen MR) is 50.0 cm³/mol. The SMILES string of the molecule is CCC(N)(CC)Cc1nnn(C)n1. The van der Waals surface area contributed by atoms with Crippen molar-refractivity contribution in [2.45, 2.75) is 38.6 Å². The lowest BCUT2D eigenvalue weighted by atomic mass is 9.90. The van der Waals surface area contributed by atoms with Gasteiger partial charge in [-0.15, -0.1) is 10.2 Å². The average molecular weight is 183 g/mol. The number of hydrogen-bond donors (Lipinski definition) is 1. The molecule has 0 aliphatic heterocycles. The highest BCUT2D eigenvalue weighted by atomic mass is 15.6. The van der Waals surface area contributed by atoms with Crippen LogP contribution >= 0.6 is 0 Å². The molecule has 2 N–H and O–H groups in total. The smallest absolute Gasteiger partial charge is 0.176 e. The van der Waals surface area contributed by atoms with Crippen LogP contribution in [0.15, 0.2) is 0 Å². The van der Waals surface area contributed by atoms with Gasteiger partial charge in [0.1, 0.15) is 0 Å². The molecule has 0 spiro atoms. The van der Waals surface area contributed by atoms with Gasteiger partial charge >= 0.3 is 0 Å². The fourth-order valence-corrected chi connectivity index (χ4v) is 1.21. The van der Waals surface area contributed by atoms with Crippen molar-refractivity contribution < 1.29 is 0 Å². The van der Waals surface area contributed by atoms with Crippen molar-refractivity contribution >= 4 is 0 Å². The summed E-state index contributed by atoms with van der Waals surface area (Å²) < 4.78 is 0. The lowest BCUT2D eigenvalue weighted by Gasteiger charge is -2.24. The number of aromatic nitrogens is 4. The molecule has 5 heteroatoms. The van der Waals surface area contributed by atoms with E-state index in [1.54, 1.807) is 7.05 Å². The van der Waals surface area contributed by atoms with Gasteiger partial charge in [-0.25, -0.2) is 0 Å². The Bertz CT molecular complexity index is 263.